The molecule has 0 saturated heterocycles. The SMILES string of the molecule is CC/C=C(/C)C(=O)N1CCC(C(=O)O)c2ccccc21. The lowest BCUT2D eigenvalue weighted by Gasteiger charge is -2.32. The quantitative estimate of drug-likeness (QED) is 0.861. The van der Waals surface area contributed by atoms with E-state index < -0.39 is 11.9 Å². The zero-order valence-electron chi connectivity index (χ0n) is 11.8. The highest BCUT2D eigenvalue weighted by atomic mass is 16.4. The minimum absolute atomic E-state index is 0.0388. The summed E-state index contributed by atoms with van der Waals surface area (Å²) in [7, 11) is 0. The van der Waals surface area contributed by atoms with Crippen LogP contribution in [-0.2, 0) is 9.59 Å². The number of carboxylic acids is 1. The monoisotopic (exact) mass is 273 g/mol. The van der Waals surface area contributed by atoms with E-state index in [2.05, 4.69) is 0 Å². The summed E-state index contributed by atoms with van der Waals surface area (Å²) in [5, 5.41) is 9.29. The lowest BCUT2D eigenvalue weighted by atomic mass is 9.89. The van der Waals surface area contributed by atoms with Crippen molar-refractivity contribution in [2.75, 3.05) is 11.4 Å². The molecule has 2 rings (SSSR count). The van der Waals surface area contributed by atoms with Crippen LogP contribution in [-0.4, -0.2) is 23.5 Å². The van der Waals surface area contributed by atoms with Crippen LogP contribution in [0.15, 0.2) is 35.9 Å². The first kappa shape index (κ1) is 14.3. The van der Waals surface area contributed by atoms with E-state index in [9.17, 15) is 14.7 Å². The fraction of sp³-hybridized carbons (Fsp3) is 0.375. The third-order valence-electron chi connectivity index (χ3n) is 3.64. The van der Waals surface area contributed by atoms with Gasteiger partial charge in [0.1, 0.15) is 0 Å². The molecule has 1 unspecified atom stereocenters. The summed E-state index contributed by atoms with van der Waals surface area (Å²) in [6.45, 7) is 4.24. The van der Waals surface area contributed by atoms with Gasteiger partial charge < -0.3 is 10.0 Å². The molecule has 1 amide bonds. The summed E-state index contributed by atoms with van der Waals surface area (Å²) in [6, 6.07) is 7.27. The van der Waals surface area contributed by atoms with E-state index in [1.165, 1.54) is 0 Å². The topological polar surface area (TPSA) is 57.6 Å². The largest absolute Gasteiger partial charge is 0.481 e. The van der Waals surface area contributed by atoms with E-state index in [0.717, 1.165) is 17.7 Å². The minimum atomic E-state index is -0.828. The van der Waals surface area contributed by atoms with Gasteiger partial charge in [0, 0.05) is 17.8 Å². The number of rotatable bonds is 3. The fourth-order valence-electron chi connectivity index (χ4n) is 2.64. The number of para-hydroxylation sites is 1. The van der Waals surface area contributed by atoms with Crippen LogP contribution < -0.4 is 4.90 Å². The average molecular weight is 273 g/mol. The number of carbonyl (C=O) groups is 2. The van der Waals surface area contributed by atoms with Crippen LogP contribution in [0, 0.1) is 0 Å². The van der Waals surface area contributed by atoms with Crippen molar-refractivity contribution in [3.8, 4) is 0 Å². The predicted octanol–water partition coefficient (Wildman–Crippen LogP) is 2.95. The number of aliphatic carboxylic acids is 1. The van der Waals surface area contributed by atoms with Gasteiger partial charge in [-0.05, 0) is 31.4 Å². The molecule has 4 heteroatoms. The van der Waals surface area contributed by atoms with Crippen LogP contribution in [0.25, 0.3) is 0 Å². The Bertz CT molecular complexity index is 563. The lowest BCUT2D eigenvalue weighted by molar-refractivity contribution is -0.139. The molecule has 0 radical (unpaired) electrons. The van der Waals surface area contributed by atoms with E-state index in [0.29, 0.717) is 18.5 Å². The third kappa shape index (κ3) is 2.59. The van der Waals surface area contributed by atoms with E-state index >= 15 is 0 Å². The molecule has 0 saturated carbocycles. The number of amides is 1. The molecule has 1 aromatic carbocycles. The molecule has 1 heterocycles. The molecule has 0 fully saturated rings. The van der Waals surface area contributed by atoms with Crippen molar-refractivity contribution in [3.63, 3.8) is 0 Å². The Morgan fingerprint density at radius 1 is 1.40 bits per heavy atom. The second-order valence-electron chi connectivity index (χ2n) is 4.99. The molecule has 1 atom stereocenters. The molecule has 0 aliphatic carbocycles. The average Bonchev–Trinajstić information content (AvgIpc) is 2.45. The molecule has 20 heavy (non-hydrogen) atoms. The molecule has 1 aliphatic rings. The van der Waals surface area contributed by atoms with Crippen LogP contribution >= 0.6 is 0 Å². The van der Waals surface area contributed by atoms with Gasteiger partial charge in [-0.3, -0.25) is 9.59 Å². The summed E-state index contributed by atoms with van der Waals surface area (Å²) >= 11 is 0. The van der Waals surface area contributed by atoms with Crippen molar-refractivity contribution in [1.82, 2.24) is 0 Å². The smallest absolute Gasteiger partial charge is 0.311 e. The zero-order chi connectivity index (χ0) is 14.7. The maximum atomic E-state index is 12.4. The van der Waals surface area contributed by atoms with Crippen molar-refractivity contribution in [2.45, 2.75) is 32.6 Å². The van der Waals surface area contributed by atoms with Crippen molar-refractivity contribution in [2.24, 2.45) is 0 Å². The molecular weight excluding hydrogens is 254 g/mol. The van der Waals surface area contributed by atoms with E-state index in [1.807, 2.05) is 31.2 Å². The summed E-state index contributed by atoms with van der Waals surface area (Å²) < 4.78 is 0. The number of nitrogens with zero attached hydrogens (tertiary/aromatic N) is 1. The lowest BCUT2D eigenvalue weighted by Crippen LogP contribution is -2.38. The maximum Gasteiger partial charge on any atom is 0.311 e. The number of anilines is 1. The third-order valence-corrected chi connectivity index (χ3v) is 3.64. The molecule has 0 aromatic heterocycles. The van der Waals surface area contributed by atoms with Gasteiger partial charge in [-0.1, -0.05) is 31.2 Å². The second-order valence-corrected chi connectivity index (χ2v) is 4.99. The first-order chi connectivity index (χ1) is 9.56. The Morgan fingerprint density at radius 2 is 2.10 bits per heavy atom. The van der Waals surface area contributed by atoms with Gasteiger partial charge in [0.25, 0.3) is 5.91 Å². The van der Waals surface area contributed by atoms with E-state index in [4.69, 9.17) is 0 Å². The number of benzene rings is 1. The van der Waals surface area contributed by atoms with Crippen LogP contribution in [0.1, 0.15) is 38.2 Å². The summed E-state index contributed by atoms with van der Waals surface area (Å²) in [4.78, 5) is 25.4. The summed E-state index contributed by atoms with van der Waals surface area (Å²) in [6.07, 6.45) is 3.16. The Morgan fingerprint density at radius 3 is 2.75 bits per heavy atom. The van der Waals surface area contributed by atoms with Gasteiger partial charge in [0.05, 0.1) is 5.92 Å². The minimum Gasteiger partial charge on any atom is -0.481 e. The van der Waals surface area contributed by atoms with Crippen LogP contribution in [0.5, 0.6) is 0 Å². The van der Waals surface area contributed by atoms with Gasteiger partial charge in [-0.25, -0.2) is 0 Å². The van der Waals surface area contributed by atoms with Gasteiger partial charge >= 0.3 is 5.97 Å². The number of carbonyl (C=O) groups excluding carboxylic acids is 1. The Labute approximate surface area is 118 Å². The zero-order valence-corrected chi connectivity index (χ0v) is 11.8. The number of allylic oxidation sites excluding steroid dienone is 1. The maximum absolute atomic E-state index is 12.4. The van der Waals surface area contributed by atoms with Gasteiger partial charge in [0.15, 0.2) is 0 Å². The summed E-state index contributed by atoms with van der Waals surface area (Å²) in [5.74, 6) is -1.39. The van der Waals surface area contributed by atoms with Crippen molar-refractivity contribution in [1.29, 1.82) is 0 Å². The van der Waals surface area contributed by atoms with Crippen LogP contribution in [0.2, 0.25) is 0 Å². The number of carboxylic acid groups (broad SMARTS) is 1. The Kier molecular flexibility index (Phi) is 4.23. The standard InChI is InChI=1S/C16H19NO3/c1-3-6-11(2)15(18)17-10-9-13(16(19)20)12-7-4-5-8-14(12)17/h4-8,13H,3,9-10H2,1-2H3,(H,19,20)/b11-6-. The highest BCUT2D eigenvalue weighted by molar-refractivity contribution is 6.06. The first-order valence-electron chi connectivity index (χ1n) is 6.86. The molecule has 4 nitrogen and oxygen atoms in total. The molecule has 0 spiro atoms. The molecule has 106 valence electrons. The van der Waals surface area contributed by atoms with Gasteiger partial charge in [-0.2, -0.15) is 0 Å². The van der Waals surface area contributed by atoms with Crippen molar-refractivity contribution < 1.29 is 14.7 Å². The highest BCUT2D eigenvalue weighted by Gasteiger charge is 2.32. The van der Waals surface area contributed by atoms with Gasteiger partial charge in [-0.15, -0.1) is 0 Å². The fourth-order valence-corrected chi connectivity index (χ4v) is 2.64. The molecule has 1 N–H and O–H groups in total. The van der Waals surface area contributed by atoms with Gasteiger partial charge in [0.2, 0.25) is 0 Å². The van der Waals surface area contributed by atoms with Crippen LogP contribution in [0.4, 0.5) is 5.69 Å². The van der Waals surface area contributed by atoms with Crippen molar-refractivity contribution in [3.05, 3.63) is 41.5 Å². The second kappa shape index (κ2) is 5.90. The summed E-state index contributed by atoms with van der Waals surface area (Å²) in [5.41, 5.74) is 2.15. The number of fused-ring (bicyclic) bond motifs is 1. The van der Waals surface area contributed by atoms with Crippen LogP contribution in [0.3, 0.4) is 0 Å². The van der Waals surface area contributed by atoms with Crippen molar-refractivity contribution >= 4 is 17.6 Å². The number of hydrogen-bond donors (Lipinski definition) is 1. The highest BCUT2D eigenvalue weighted by Crippen LogP contribution is 2.35. The molecule has 0 bridgehead atoms. The normalized spacial score (nSPS) is 18.6. The molecular formula is C16H19NO3. The first-order valence-corrected chi connectivity index (χ1v) is 6.86. The Hall–Kier alpha value is -2.10. The predicted molar refractivity (Wildman–Crippen MR) is 77.8 cm³/mol. The Balaban J connectivity index is 2.39. The molecule has 1 aliphatic heterocycles. The van der Waals surface area contributed by atoms with E-state index in [-0.39, 0.29) is 5.91 Å². The number of hydrogen-bond acceptors (Lipinski definition) is 2. The molecule has 1 aromatic rings. The van der Waals surface area contributed by atoms with E-state index in [1.54, 1.807) is 17.9 Å².